The van der Waals surface area contributed by atoms with E-state index in [0.717, 1.165) is 32.1 Å². The van der Waals surface area contributed by atoms with Gasteiger partial charge in [-0.05, 0) is 51.6 Å². The zero-order chi connectivity index (χ0) is 27.9. The van der Waals surface area contributed by atoms with Crippen LogP contribution in [0.2, 0.25) is 0 Å². The van der Waals surface area contributed by atoms with Crippen LogP contribution in [-0.2, 0) is 14.3 Å². The number of hydrogen-bond acceptors (Lipinski definition) is 9. The van der Waals surface area contributed by atoms with Crippen molar-refractivity contribution >= 4 is 24.1 Å². The van der Waals surface area contributed by atoms with E-state index in [0.29, 0.717) is 58.3 Å². The van der Waals surface area contributed by atoms with Crippen molar-refractivity contribution in [1.29, 1.82) is 0 Å². The first-order valence-electron chi connectivity index (χ1n) is 13.0. The molecule has 2 atom stereocenters. The van der Waals surface area contributed by atoms with Crippen molar-refractivity contribution in [3.63, 3.8) is 0 Å². The number of carboxylic acid groups (broad SMARTS) is 1. The number of nitrogens with one attached hydrogen (secondary N) is 1. The number of ether oxygens (including phenoxy) is 2. The van der Waals surface area contributed by atoms with Gasteiger partial charge in [0.25, 0.3) is 0 Å². The minimum absolute atomic E-state index is 0.00749. The molecule has 0 aliphatic heterocycles. The van der Waals surface area contributed by atoms with Crippen molar-refractivity contribution in [2.45, 2.75) is 76.3 Å². The molecule has 216 valence electrons. The van der Waals surface area contributed by atoms with E-state index >= 15 is 0 Å². The second-order valence-electron chi connectivity index (χ2n) is 8.89. The number of guanidine groups is 1. The fourth-order valence-corrected chi connectivity index (χ4v) is 3.48. The van der Waals surface area contributed by atoms with Crippen molar-refractivity contribution in [1.82, 2.24) is 10.2 Å². The monoisotopic (exact) mass is 532 g/mol. The van der Waals surface area contributed by atoms with Crippen molar-refractivity contribution in [2.24, 2.45) is 33.7 Å². The van der Waals surface area contributed by atoms with E-state index in [9.17, 15) is 14.4 Å². The van der Waals surface area contributed by atoms with Crippen LogP contribution in [0.15, 0.2) is 4.99 Å². The van der Waals surface area contributed by atoms with Crippen LogP contribution in [0.3, 0.4) is 0 Å². The van der Waals surface area contributed by atoms with E-state index in [1.54, 1.807) is 0 Å². The first-order valence-corrected chi connectivity index (χ1v) is 13.0. The molecule has 14 heteroatoms. The van der Waals surface area contributed by atoms with Gasteiger partial charge in [0.1, 0.15) is 19.8 Å². The summed E-state index contributed by atoms with van der Waals surface area (Å²) in [5.74, 6) is -0.429. The van der Waals surface area contributed by atoms with Crippen LogP contribution in [0.1, 0.15) is 64.2 Å². The lowest BCUT2D eigenvalue weighted by Gasteiger charge is -2.24. The van der Waals surface area contributed by atoms with Crippen molar-refractivity contribution < 1.29 is 29.0 Å². The summed E-state index contributed by atoms with van der Waals surface area (Å²) in [6.45, 7) is 1.46. The maximum atomic E-state index is 12.8. The third-order valence-electron chi connectivity index (χ3n) is 5.45. The van der Waals surface area contributed by atoms with Gasteiger partial charge in [-0.3, -0.25) is 14.7 Å². The van der Waals surface area contributed by atoms with Crippen LogP contribution >= 0.6 is 0 Å². The maximum Gasteiger partial charge on any atom is 0.505 e. The Morgan fingerprint density at radius 3 is 2.16 bits per heavy atom. The number of aliphatic imine (C=N–C) groups is 1. The van der Waals surface area contributed by atoms with E-state index in [2.05, 4.69) is 15.0 Å². The van der Waals surface area contributed by atoms with Gasteiger partial charge in [0.2, 0.25) is 5.91 Å². The lowest BCUT2D eigenvalue weighted by atomic mass is 10.1. The molecule has 0 radical (unpaired) electrons. The molecule has 2 amide bonds. The number of amides is 2. The highest BCUT2D eigenvalue weighted by Crippen LogP contribution is 2.07. The molecule has 12 N–H and O–H groups in total. The third-order valence-corrected chi connectivity index (χ3v) is 5.45. The number of carbonyl (C=O) groups excluding carboxylic acids is 2. The van der Waals surface area contributed by atoms with Gasteiger partial charge in [0.15, 0.2) is 5.96 Å². The van der Waals surface area contributed by atoms with E-state index in [-0.39, 0.29) is 25.7 Å². The van der Waals surface area contributed by atoms with E-state index in [1.165, 1.54) is 4.90 Å². The second-order valence-corrected chi connectivity index (χ2v) is 8.89. The van der Waals surface area contributed by atoms with Crippen molar-refractivity contribution in [3.8, 4) is 0 Å². The molecule has 0 aromatic heterocycles. The summed E-state index contributed by atoms with van der Waals surface area (Å²) in [6, 6.07) is -0.923. The van der Waals surface area contributed by atoms with E-state index < -0.39 is 30.2 Å². The van der Waals surface area contributed by atoms with Gasteiger partial charge in [-0.1, -0.05) is 25.7 Å². The van der Waals surface area contributed by atoms with Crippen molar-refractivity contribution in [2.75, 3.05) is 45.9 Å². The Morgan fingerprint density at radius 1 is 0.865 bits per heavy atom. The van der Waals surface area contributed by atoms with Crippen LogP contribution in [0.25, 0.3) is 0 Å². The smallest absolute Gasteiger partial charge is 0.450 e. The highest BCUT2D eigenvalue weighted by atomic mass is 16.7. The molecule has 0 aromatic carbocycles. The standard InChI is InChI=1S/C23H48N8O6/c24-11-5-2-1-3-7-14-31(22(33)36-16-18(26)9-8-13-29-21(27)28)15-20(32)30-19(10-4-6-12-25)17-37-23(34)35/h18-19H,1-17,24-26H2,(H,30,32)(H,34,35)(H4,27,28,29)/t18-,19+/m0/s1. The average Bonchev–Trinajstić information content (AvgIpc) is 2.84. The molecule has 0 aliphatic carbocycles. The van der Waals surface area contributed by atoms with Crippen LogP contribution in [0, 0.1) is 0 Å². The molecule has 0 rings (SSSR count). The Hall–Kier alpha value is -2.84. The van der Waals surface area contributed by atoms with Gasteiger partial charge in [-0.25, -0.2) is 9.59 Å². The lowest BCUT2D eigenvalue weighted by molar-refractivity contribution is -0.123. The lowest BCUT2D eigenvalue weighted by Crippen LogP contribution is -2.46. The molecule has 0 aromatic rings. The summed E-state index contributed by atoms with van der Waals surface area (Å²) in [5, 5.41) is 11.6. The van der Waals surface area contributed by atoms with Gasteiger partial charge in [0.05, 0.1) is 6.04 Å². The molecule has 0 aliphatic rings. The number of rotatable bonds is 22. The SMILES string of the molecule is NCCCCCCCN(CC(=O)N[C@H](CCCCN)COC(=O)O)C(=O)OC[C@@H](N)CCCN=C(N)N. The maximum absolute atomic E-state index is 12.8. The van der Waals surface area contributed by atoms with Gasteiger partial charge in [-0.15, -0.1) is 0 Å². The first kappa shape index (κ1) is 34.2. The average molecular weight is 533 g/mol. The summed E-state index contributed by atoms with van der Waals surface area (Å²) < 4.78 is 10.0. The molecular weight excluding hydrogens is 484 g/mol. The Labute approximate surface area is 219 Å². The molecule has 0 spiro atoms. The quantitative estimate of drug-likeness (QED) is 0.0423. The number of hydrogen-bond donors (Lipinski definition) is 7. The first-order chi connectivity index (χ1) is 17.7. The molecule has 37 heavy (non-hydrogen) atoms. The zero-order valence-electron chi connectivity index (χ0n) is 21.9. The molecular formula is C23H48N8O6. The summed E-state index contributed by atoms with van der Waals surface area (Å²) in [5.41, 5.74) is 27.6. The summed E-state index contributed by atoms with van der Waals surface area (Å²) >= 11 is 0. The molecule has 0 fully saturated rings. The van der Waals surface area contributed by atoms with Gasteiger partial charge < -0.3 is 48.6 Å². The van der Waals surface area contributed by atoms with Gasteiger partial charge >= 0.3 is 12.2 Å². The zero-order valence-corrected chi connectivity index (χ0v) is 21.9. The van der Waals surface area contributed by atoms with E-state index in [1.807, 2.05) is 0 Å². The van der Waals surface area contributed by atoms with E-state index in [4.69, 9.17) is 38.5 Å². The molecule has 0 saturated heterocycles. The van der Waals surface area contributed by atoms with Gasteiger partial charge in [0, 0.05) is 19.1 Å². The fourth-order valence-electron chi connectivity index (χ4n) is 3.48. The summed E-state index contributed by atoms with van der Waals surface area (Å²) in [7, 11) is 0. The Bertz CT molecular complexity index is 663. The third kappa shape index (κ3) is 21.0. The molecule has 0 heterocycles. The van der Waals surface area contributed by atoms with Crippen LogP contribution in [-0.4, -0.2) is 92.1 Å². The normalized spacial score (nSPS) is 12.3. The topological polar surface area (TPSA) is 248 Å². The minimum Gasteiger partial charge on any atom is -0.450 e. The molecule has 0 unspecified atom stereocenters. The fraction of sp³-hybridized carbons (Fsp3) is 0.826. The number of nitrogens with two attached hydrogens (primary N) is 5. The number of unbranched alkanes of at least 4 members (excludes halogenated alkanes) is 5. The Morgan fingerprint density at radius 2 is 1.51 bits per heavy atom. The van der Waals surface area contributed by atoms with Crippen molar-refractivity contribution in [3.05, 3.63) is 0 Å². The minimum atomic E-state index is -1.42. The number of nitrogens with zero attached hydrogens (tertiary/aromatic N) is 2. The molecule has 0 saturated carbocycles. The Kier molecular flexibility index (Phi) is 20.6. The predicted molar refractivity (Wildman–Crippen MR) is 142 cm³/mol. The van der Waals surface area contributed by atoms with Crippen LogP contribution in [0.5, 0.6) is 0 Å². The molecule has 14 nitrogen and oxygen atoms in total. The highest BCUT2D eigenvalue weighted by Gasteiger charge is 2.22. The predicted octanol–water partition coefficient (Wildman–Crippen LogP) is 0.0235. The highest BCUT2D eigenvalue weighted by molar-refractivity contribution is 5.82. The Balaban J connectivity index is 4.91. The second kappa shape index (κ2) is 22.4. The summed E-state index contributed by atoms with van der Waals surface area (Å²) in [6.07, 6.45) is 5.54. The number of carbonyl (C=O) groups is 3. The largest absolute Gasteiger partial charge is 0.505 e. The van der Waals surface area contributed by atoms with Crippen LogP contribution in [0.4, 0.5) is 9.59 Å². The summed E-state index contributed by atoms with van der Waals surface area (Å²) in [4.78, 5) is 41.5. The van der Waals surface area contributed by atoms with Crippen LogP contribution < -0.4 is 34.0 Å². The molecule has 0 bridgehead atoms. The van der Waals surface area contributed by atoms with Gasteiger partial charge in [-0.2, -0.15) is 0 Å².